The second-order valence-electron chi connectivity index (χ2n) is 8.79. The van der Waals surface area contributed by atoms with Gasteiger partial charge in [0.25, 0.3) is 0 Å². The lowest BCUT2D eigenvalue weighted by molar-refractivity contribution is -0.256. The van der Waals surface area contributed by atoms with Crippen LogP contribution >= 0.6 is 0 Å². The van der Waals surface area contributed by atoms with Crippen LogP contribution in [0.1, 0.15) is 42.5 Å². The van der Waals surface area contributed by atoms with E-state index in [1.807, 2.05) is 4.90 Å². The fraction of sp³-hybridized carbons (Fsp3) is 0.522. The zero-order valence-corrected chi connectivity index (χ0v) is 17.6. The van der Waals surface area contributed by atoms with Crippen LogP contribution in [0.4, 0.5) is 13.2 Å². The predicted octanol–water partition coefficient (Wildman–Crippen LogP) is 4.67. The van der Waals surface area contributed by atoms with Gasteiger partial charge in [-0.25, -0.2) is 14.8 Å². The molecule has 0 bridgehead atoms. The average molecular weight is 449 g/mol. The number of likely N-dealkylation sites (tertiary alicyclic amines) is 1. The lowest BCUT2D eigenvalue weighted by Gasteiger charge is -2.47. The Kier molecular flexibility index (Phi) is 6.37. The van der Waals surface area contributed by atoms with Crippen LogP contribution in [0.15, 0.2) is 36.7 Å². The fourth-order valence-corrected chi connectivity index (χ4v) is 4.43. The number of halogens is 3. The number of carboxylic acid groups (broad SMARTS) is 1. The van der Waals surface area contributed by atoms with E-state index < -0.39 is 17.6 Å². The van der Waals surface area contributed by atoms with Crippen LogP contribution in [0.2, 0.25) is 0 Å². The number of hydrogen-bond donors (Lipinski definition) is 1. The fourth-order valence-electron chi connectivity index (χ4n) is 4.43. The molecule has 4 rings (SSSR count). The van der Waals surface area contributed by atoms with Crippen molar-refractivity contribution in [2.45, 2.75) is 38.3 Å². The second-order valence-corrected chi connectivity index (χ2v) is 8.79. The third-order valence-corrected chi connectivity index (χ3v) is 6.65. The first-order valence-corrected chi connectivity index (χ1v) is 10.8. The van der Waals surface area contributed by atoms with Crippen LogP contribution in [0.5, 0.6) is 5.88 Å². The van der Waals surface area contributed by atoms with Gasteiger partial charge in [-0.15, -0.1) is 0 Å². The molecule has 0 amide bonds. The predicted molar refractivity (Wildman–Crippen MR) is 111 cm³/mol. The summed E-state index contributed by atoms with van der Waals surface area (Å²) in [5.74, 6) is -0.369. The smallest absolute Gasteiger partial charge is 0.395 e. The number of carbonyl (C=O) groups is 1. The number of aromatic nitrogens is 2. The molecule has 2 fully saturated rings. The minimum Gasteiger partial charge on any atom is -0.478 e. The summed E-state index contributed by atoms with van der Waals surface area (Å²) in [5.41, 5.74) is -0.130. The highest BCUT2D eigenvalue weighted by atomic mass is 19.4. The average Bonchev–Trinajstić information content (AvgIpc) is 2.75. The molecule has 0 spiro atoms. The summed E-state index contributed by atoms with van der Waals surface area (Å²) in [5, 5.41) is 9.11. The zero-order valence-electron chi connectivity index (χ0n) is 17.6. The van der Waals surface area contributed by atoms with Gasteiger partial charge in [0.2, 0.25) is 5.88 Å². The topological polar surface area (TPSA) is 75.6 Å². The first-order chi connectivity index (χ1) is 15.3. The molecule has 1 aliphatic heterocycles. The van der Waals surface area contributed by atoms with E-state index in [2.05, 4.69) is 9.97 Å². The molecular formula is C23H26F3N3O3. The van der Waals surface area contributed by atoms with E-state index in [1.165, 1.54) is 24.5 Å². The van der Waals surface area contributed by atoms with Crippen molar-refractivity contribution in [2.75, 3.05) is 26.2 Å². The Bertz CT molecular complexity index is 937. The summed E-state index contributed by atoms with van der Waals surface area (Å²) in [7, 11) is 0. The number of ether oxygens (including phenoxy) is 1. The Hall–Kier alpha value is -2.68. The van der Waals surface area contributed by atoms with E-state index in [-0.39, 0.29) is 30.9 Å². The molecule has 172 valence electrons. The van der Waals surface area contributed by atoms with Gasteiger partial charge in [0.15, 0.2) is 0 Å². The monoisotopic (exact) mass is 449 g/mol. The van der Waals surface area contributed by atoms with Crippen LogP contribution < -0.4 is 4.74 Å². The maximum Gasteiger partial charge on any atom is 0.395 e. The molecule has 2 aliphatic rings. The zero-order chi connectivity index (χ0) is 22.8. The third kappa shape index (κ3) is 4.87. The van der Waals surface area contributed by atoms with E-state index in [4.69, 9.17) is 9.84 Å². The van der Waals surface area contributed by atoms with Gasteiger partial charge in [0.1, 0.15) is 0 Å². The molecule has 32 heavy (non-hydrogen) atoms. The van der Waals surface area contributed by atoms with E-state index >= 15 is 0 Å². The Morgan fingerprint density at radius 1 is 1.19 bits per heavy atom. The van der Waals surface area contributed by atoms with Gasteiger partial charge in [0, 0.05) is 12.1 Å². The van der Waals surface area contributed by atoms with E-state index in [9.17, 15) is 18.0 Å². The molecule has 0 atom stereocenters. The number of carboxylic acids is 1. The molecule has 1 aromatic heterocycles. The molecule has 0 radical (unpaired) electrons. The Morgan fingerprint density at radius 3 is 2.50 bits per heavy atom. The molecule has 0 unspecified atom stereocenters. The first kappa shape index (κ1) is 22.5. The summed E-state index contributed by atoms with van der Waals surface area (Å²) in [6, 6.07) is 6.46. The van der Waals surface area contributed by atoms with E-state index in [1.54, 1.807) is 12.1 Å². The van der Waals surface area contributed by atoms with E-state index in [0.717, 1.165) is 12.8 Å². The normalized spacial score (nSPS) is 19.3. The molecule has 1 saturated heterocycles. The van der Waals surface area contributed by atoms with Gasteiger partial charge in [-0.05, 0) is 56.8 Å². The van der Waals surface area contributed by atoms with E-state index in [0.29, 0.717) is 43.3 Å². The van der Waals surface area contributed by atoms with Crippen molar-refractivity contribution in [1.29, 1.82) is 0 Å². The molecule has 1 N–H and O–H groups in total. The molecule has 2 heterocycles. The maximum atomic E-state index is 13.4. The SMILES string of the molecule is O=C(O)c1cccc(-c2cnc(OCC3CCN(CC4(C(F)(F)F)CCC4)CC3)cn2)c1. The lowest BCUT2D eigenvalue weighted by Crippen LogP contribution is -2.53. The van der Waals surface area contributed by atoms with Crippen LogP contribution in [-0.4, -0.2) is 58.4 Å². The molecule has 1 saturated carbocycles. The molecule has 6 nitrogen and oxygen atoms in total. The highest BCUT2D eigenvalue weighted by Crippen LogP contribution is 2.53. The highest BCUT2D eigenvalue weighted by molar-refractivity contribution is 5.89. The van der Waals surface area contributed by atoms with Gasteiger partial charge >= 0.3 is 12.1 Å². The number of hydrogen-bond acceptors (Lipinski definition) is 5. The van der Waals surface area contributed by atoms with Gasteiger partial charge in [0.05, 0.1) is 35.7 Å². The molecule has 1 aliphatic carbocycles. The number of nitrogens with zero attached hydrogens (tertiary/aromatic N) is 3. The van der Waals surface area contributed by atoms with Crippen molar-refractivity contribution in [1.82, 2.24) is 14.9 Å². The largest absolute Gasteiger partial charge is 0.478 e. The van der Waals surface area contributed by atoms with Crippen LogP contribution in [0, 0.1) is 11.3 Å². The second kappa shape index (κ2) is 9.05. The van der Waals surface area contributed by atoms with Crippen molar-refractivity contribution in [2.24, 2.45) is 11.3 Å². The Labute approximate surface area is 184 Å². The highest BCUT2D eigenvalue weighted by Gasteiger charge is 2.58. The first-order valence-electron chi connectivity index (χ1n) is 10.8. The maximum absolute atomic E-state index is 13.4. The molecule has 2 aromatic rings. The molecular weight excluding hydrogens is 423 g/mol. The number of rotatable bonds is 7. The third-order valence-electron chi connectivity index (χ3n) is 6.65. The van der Waals surface area contributed by atoms with Gasteiger partial charge in [-0.3, -0.25) is 0 Å². The Morgan fingerprint density at radius 2 is 1.94 bits per heavy atom. The standard InChI is InChI=1S/C23H26F3N3O3/c24-23(25,26)22(7-2-8-22)15-29-9-5-16(6-10-29)14-32-20-13-27-19(12-28-20)17-3-1-4-18(11-17)21(30)31/h1,3-4,11-13,16H,2,5-10,14-15H2,(H,30,31). The summed E-state index contributed by atoms with van der Waals surface area (Å²) in [4.78, 5) is 21.6. The van der Waals surface area contributed by atoms with Crippen molar-refractivity contribution < 1.29 is 27.8 Å². The summed E-state index contributed by atoms with van der Waals surface area (Å²) in [6.07, 6.45) is 1.65. The van der Waals surface area contributed by atoms with Crippen LogP contribution in [0.3, 0.4) is 0 Å². The summed E-state index contributed by atoms with van der Waals surface area (Å²) < 4.78 is 46.0. The number of aromatic carboxylic acids is 1. The minimum atomic E-state index is -4.12. The van der Waals surface area contributed by atoms with Crippen molar-refractivity contribution in [3.63, 3.8) is 0 Å². The van der Waals surface area contributed by atoms with Crippen LogP contribution in [0.25, 0.3) is 11.3 Å². The number of alkyl halides is 3. The summed E-state index contributed by atoms with van der Waals surface area (Å²) >= 11 is 0. The van der Waals surface area contributed by atoms with Crippen molar-refractivity contribution in [3.8, 4) is 17.1 Å². The van der Waals surface area contributed by atoms with Gasteiger partial charge in [-0.1, -0.05) is 18.6 Å². The minimum absolute atomic E-state index is 0.111. The van der Waals surface area contributed by atoms with Crippen molar-refractivity contribution in [3.05, 3.63) is 42.2 Å². The van der Waals surface area contributed by atoms with Crippen LogP contribution in [-0.2, 0) is 0 Å². The number of piperidine rings is 1. The van der Waals surface area contributed by atoms with Gasteiger partial charge < -0.3 is 14.7 Å². The summed E-state index contributed by atoms with van der Waals surface area (Å²) in [6.45, 7) is 1.85. The molecule has 1 aromatic carbocycles. The van der Waals surface area contributed by atoms with Crippen molar-refractivity contribution >= 4 is 5.97 Å². The van der Waals surface area contributed by atoms with Gasteiger partial charge in [-0.2, -0.15) is 13.2 Å². The Balaban J connectivity index is 1.25. The quantitative estimate of drug-likeness (QED) is 0.662. The molecule has 9 heteroatoms. The number of benzene rings is 1. The lowest BCUT2D eigenvalue weighted by atomic mass is 9.67.